The zero-order valence-corrected chi connectivity index (χ0v) is 25.0. The maximum Gasteiger partial charge on any atom is 0.407 e. The van der Waals surface area contributed by atoms with Crippen LogP contribution >= 0.6 is 0 Å². The molecule has 2 amide bonds. The first-order valence-electron chi connectivity index (χ1n) is 12.9. The van der Waals surface area contributed by atoms with E-state index in [0.717, 1.165) is 5.56 Å². The van der Waals surface area contributed by atoms with Gasteiger partial charge in [-0.1, -0.05) is 33.8 Å². The Bertz CT molecular complexity index is 937. The summed E-state index contributed by atoms with van der Waals surface area (Å²) in [4.78, 5) is 36.5. The number of ether oxygens (including phenoxy) is 1. The molecule has 0 heterocycles. The van der Waals surface area contributed by atoms with E-state index < -0.39 is 37.9 Å². The molecule has 1 aromatic carbocycles. The minimum atomic E-state index is -2.19. The van der Waals surface area contributed by atoms with Gasteiger partial charge in [0.15, 0.2) is 0 Å². The van der Waals surface area contributed by atoms with E-state index in [9.17, 15) is 19.5 Å². The number of aliphatic carboxylic acids is 1. The lowest BCUT2D eigenvalue weighted by Gasteiger charge is -2.37. The summed E-state index contributed by atoms with van der Waals surface area (Å²) in [5, 5.41) is 15.2. The molecular weight excluding hydrogens is 490 g/mol. The van der Waals surface area contributed by atoms with Gasteiger partial charge in [0.05, 0.1) is 11.6 Å². The summed E-state index contributed by atoms with van der Waals surface area (Å²) in [6.07, 6.45) is 0.819. The van der Waals surface area contributed by atoms with Crippen LogP contribution in [0.2, 0.25) is 18.1 Å². The Morgan fingerprint density at radius 1 is 1.11 bits per heavy atom. The number of carboxylic acid groups (broad SMARTS) is 1. The van der Waals surface area contributed by atoms with E-state index in [-0.39, 0.29) is 17.4 Å². The van der Waals surface area contributed by atoms with Crippen LogP contribution in [0.25, 0.3) is 0 Å². The Balaban J connectivity index is 3.30. The first kappa shape index (κ1) is 32.4. The van der Waals surface area contributed by atoms with E-state index in [1.165, 1.54) is 0 Å². The van der Waals surface area contributed by atoms with Crippen molar-refractivity contribution in [3.63, 3.8) is 0 Å². The summed E-state index contributed by atoms with van der Waals surface area (Å²) in [7, 11) is -2.19. The average Bonchev–Trinajstić information content (AvgIpc) is 2.71. The van der Waals surface area contributed by atoms with Crippen LogP contribution in [0.5, 0.6) is 5.75 Å². The van der Waals surface area contributed by atoms with Gasteiger partial charge >= 0.3 is 12.1 Å². The molecule has 0 aromatic heterocycles. The molecule has 9 nitrogen and oxygen atoms in total. The van der Waals surface area contributed by atoms with E-state index in [1.807, 2.05) is 18.2 Å². The number of anilines is 1. The van der Waals surface area contributed by atoms with Crippen molar-refractivity contribution in [3.8, 4) is 5.75 Å². The average molecular weight is 538 g/mol. The van der Waals surface area contributed by atoms with Crippen molar-refractivity contribution in [2.45, 2.75) is 104 Å². The van der Waals surface area contributed by atoms with E-state index in [0.29, 0.717) is 37.2 Å². The molecular formula is C27H47N3O6Si. The summed E-state index contributed by atoms with van der Waals surface area (Å²) in [5.74, 6) is -1.18. The van der Waals surface area contributed by atoms with Crippen molar-refractivity contribution in [1.82, 2.24) is 5.32 Å². The zero-order chi connectivity index (χ0) is 28.6. The van der Waals surface area contributed by atoms with Crippen LogP contribution in [0.15, 0.2) is 18.2 Å². The second kappa shape index (κ2) is 13.3. The molecule has 37 heavy (non-hydrogen) atoms. The minimum absolute atomic E-state index is 0.0398. The van der Waals surface area contributed by atoms with E-state index in [4.69, 9.17) is 14.9 Å². The molecule has 2 atom stereocenters. The van der Waals surface area contributed by atoms with Crippen molar-refractivity contribution in [3.05, 3.63) is 23.8 Å². The summed E-state index contributed by atoms with van der Waals surface area (Å²) in [6, 6.07) is 5.05. The molecule has 0 bridgehead atoms. The maximum atomic E-state index is 12.6. The fourth-order valence-corrected chi connectivity index (χ4v) is 4.31. The number of alkyl carbamates (subject to hydrolysis) is 1. The molecule has 10 heteroatoms. The largest absolute Gasteiger partial charge is 0.542 e. The van der Waals surface area contributed by atoms with Crippen LogP contribution < -0.4 is 20.8 Å². The third-order valence-electron chi connectivity index (χ3n) is 6.36. The van der Waals surface area contributed by atoms with Gasteiger partial charge in [0.25, 0.3) is 8.32 Å². The number of hydrogen-bond donors (Lipinski definition) is 4. The van der Waals surface area contributed by atoms with Gasteiger partial charge in [-0.3, -0.25) is 9.59 Å². The highest BCUT2D eigenvalue weighted by molar-refractivity contribution is 6.74. The maximum absolute atomic E-state index is 12.6. The minimum Gasteiger partial charge on any atom is -0.542 e. The monoisotopic (exact) mass is 537 g/mol. The van der Waals surface area contributed by atoms with Gasteiger partial charge < -0.3 is 30.6 Å². The molecule has 0 aliphatic carbocycles. The molecule has 0 fully saturated rings. The molecule has 1 unspecified atom stereocenters. The normalized spacial score (nSPS) is 13.9. The number of amides is 2. The lowest BCUT2D eigenvalue weighted by atomic mass is 9.96. The standard InChI is InChI=1S/C27H47N3O6Si/c1-18(24(32)33)15-20(29-25(34)35-26(2,3)4)16-19-12-13-22(36-37(8,9)27(5,6)7)21(17-19)30-23(31)11-10-14-28/h12-13,17-18,20H,10-11,14-16,28H2,1-9H3,(H,29,34)(H,30,31)(H,32,33)/t18?,20-/m1/s1. The van der Waals surface area contributed by atoms with Gasteiger partial charge in [-0.2, -0.15) is 0 Å². The van der Waals surface area contributed by atoms with Crippen molar-refractivity contribution >= 4 is 32.0 Å². The second-order valence-electron chi connectivity index (χ2n) is 12.2. The van der Waals surface area contributed by atoms with Gasteiger partial charge in [-0.25, -0.2) is 4.79 Å². The number of nitrogens with one attached hydrogen (secondary N) is 2. The van der Waals surface area contributed by atoms with Crippen molar-refractivity contribution in [1.29, 1.82) is 0 Å². The second-order valence-corrected chi connectivity index (χ2v) is 16.9. The zero-order valence-electron chi connectivity index (χ0n) is 24.0. The molecule has 0 saturated carbocycles. The van der Waals surface area contributed by atoms with E-state index in [2.05, 4.69) is 44.5 Å². The smallest absolute Gasteiger partial charge is 0.407 e. The molecule has 0 aliphatic rings. The number of benzene rings is 1. The van der Waals surface area contributed by atoms with Crippen LogP contribution in [0, 0.1) is 5.92 Å². The fraction of sp³-hybridized carbons (Fsp3) is 0.667. The molecule has 0 aliphatic heterocycles. The predicted molar refractivity (Wildman–Crippen MR) is 149 cm³/mol. The third kappa shape index (κ3) is 11.6. The first-order chi connectivity index (χ1) is 16.8. The molecule has 0 radical (unpaired) electrons. The highest BCUT2D eigenvalue weighted by atomic mass is 28.4. The van der Waals surface area contributed by atoms with E-state index >= 15 is 0 Å². The van der Waals surface area contributed by atoms with Gasteiger partial charge in [0.2, 0.25) is 5.91 Å². The number of rotatable bonds is 12. The molecule has 0 saturated heterocycles. The highest BCUT2D eigenvalue weighted by Gasteiger charge is 2.39. The number of nitrogens with two attached hydrogens (primary N) is 1. The molecule has 210 valence electrons. The summed E-state index contributed by atoms with van der Waals surface area (Å²) in [6.45, 7) is 18.0. The summed E-state index contributed by atoms with van der Waals surface area (Å²) >= 11 is 0. The lowest BCUT2D eigenvalue weighted by Crippen LogP contribution is -2.44. The number of carboxylic acids is 1. The Kier molecular flexibility index (Phi) is 11.6. The molecule has 1 aromatic rings. The summed E-state index contributed by atoms with van der Waals surface area (Å²) < 4.78 is 11.9. The van der Waals surface area contributed by atoms with Crippen LogP contribution in [-0.2, 0) is 20.7 Å². The number of carbonyl (C=O) groups is 3. The van der Waals surface area contributed by atoms with Gasteiger partial charge in [-0.15, -0.1) is 0 Å². The SMILES string of the molecule is CC(C[C@H](Cc1ccc(O[Si](C)(C)C(C)(C)C)c(NC(=O)CCCN)c1)NC(=O)OC(C)(C)C)C(=O)O. The van der Waals surface area contributed by atoms with Crippen LogP contribution in [0.4, 0.5) is 10.5 Å². The Labute approximate surface area is 223 Å². The van der Waals surface area contributed by atoms with Crippen LogP contribution in [-0.4, -0.2) is 49.6 Å². The Hall–Kier alpha value is -2.59. The Morgan fingerprint density at radius 3 is 2.24 bits per heavy atom. The third-order valence-corrected chi connectivity index (χ3v) is 10.7. The van der Waals surface area contributed by atoms with Crippen molar-refractivity contribution in [2.75, 3.05) is 11.9 Å². The number of hydrogen-bond acceptors (Lipinski definition) is 6. The molecule has 0 spiro atoms. The first-order valence-corrected chi connectivity index (χ1v) is 15.8. The van der Waals surface area contributed by atoms with E-state index in [1.54, 1.807) is 27.7 Å². The predicted octanol–water partition coefficient (Wildman–Crippen LogP) is 5.29. The summed E-state index contributed by atoms with van der Waals surface area (Å²) in [5.41, 5.74) is 6.24. The van der Waals surface area contributed by atoms with Crippen molar-refractivity contribution < 1.29 is 28.7 Å². The van der Waals surface area contributed by atoms with Crippen molar-refractivity contribution in [2.24, 2.45) is 11.7 Å². The molecule has 5 N–H and O–H groups in total. The van der Waals surface area contributed by atoms with Gasteiger partial charge in [-0.05, 0) is 82.4 Å². The lowest BCUT2D eigenvalue weighted by molar-refractivity contribution is -0.141. The highest BCUT2D eigenvalue weighted by Crippen LogP contribution is 2.39. The van der Waals surface area contributed by atoms with Crippen LogP contribution in [0.1, 0.15) is 73.3 Å². The quantitative estimate of drug-likeness (QED) is 0.265. The number of carbonyl (C=O) groups excluding carboxylic acids is 2. The Morgan fingerprint density at radius 2 is 1.73 bits per heavy atom. The fourth-order valence-electron chi connectivity index (χ4n) is 3.27. The van der Waals surface area contributed by atoms with Gasteiger partial charge in [0, 0.05) is 12.5 Å². The van der Waals surface area contributed by atoms with Crippen LogP contribution in [0.3, 0.4) is 0 Å². The topological polar surface area (TPSA) is 140 Å². The van der Waals surface area contributed by atoms with Gasteiger partial charge in [0.1, 0.15) is 11.4 Å². The molecule has 1 rings (SSSR count).